The van der Waals surface area contributed by atoms with E-state index < -0.39 is 0 Å². The molecule has 25 heavy (non-hydrogen) atoms. The second-order valence-corrected chi connectivity index (χ2v) is 6.76. The van der Waals surface area contributed by atoms with Crippen molar-refractivity contribution in [1.82, 2.24) is 19.9 Å². The van der Waals surface area contributed by atoms with Gasteiger partial charge in [0.25, 0.3) is 0 Å². The molecule has 5 rings (SSSR count). The Morgan fingerprint density at radius 1 is 0.760 bits per heavy atom. The molecule has 0 aliphatic rings. The van der Waals surface area contributed by atoms with Crippen LogP contribution in [0, 0.1) is 6.92 Å². The van der Waals surface area contributed by atoms with Gasteiger partial charge < -0.3 is 5.32 Å². The number of nitrogens with zero attached hydrogens (tertiary/aromatic N) is 4. The van der Waals surface area contributed by atoms with Crippen LogP contribution in [0.15, 0.2) is 54.6 Å². The summed E-state index contributed by atoms with van der Waals surface area (Å²) in [6.07, 6.45) is 0. The van der Waals surface area contributed by atoms with Crippen molar-refractivity contribution < 1.29 is 0 Å². The van der Waals surface area contributed by atoms with Crippen LogP contribution in [0.25, 0.3) is 31.6 Å². The topological polar surface area (TPSA) is 63.6 Å². The molecule has 3 heterocycles. The Bertz CT molecular complexity index is 1230. The highest BCUT2D eigenvalue weighted by Crippen LogP contribution is 2.36. The lowest BCUT2D eigenvalue weighted by Crippen LogP contribution is -1.97. The van der Waals surface area contributed by atoms with E-state index in [-0.39, 0.29) is 0 Å². The summed E-state index contributed by atoms with van der Waals surface area (Å²) in [6, 6.07) is 17.9. The first-order valence-electron chi connectivity index (χ1n) is 7.94. The lowest BCUT2D eigenvalue weighted by Gasteiger charge is -2.06. The normalized spacial score (nSPS) is 11.4. The van der Waals surface area contributed by atoms with Crippen LogP contribution in [0.1, 0.15) is 5.82 Å². The number of hydrogen-bond acceptors (Lipinski definition) is 6. The fraction of sp³-hybridized carbons (Fsp3) is 0.0526. The highest BCUT2D eigenvalue weighted by Gasteiger charge is 2.16. The average molecular weight is 343 g/mol. The molecule has 0 saturated carbocycles. The quantitative estimate of drug-likeness (QED) is 0.497. The Hall–Kier alpha value is -3.12. The maximum Gasteiger partial charge on any atom is 0.152 e. The summed E-state index contributed by atoms with van der Waals surface area (Å²) in [7, 11) is 0. The molecule has 0 radical (unpaired) electrons. The molecular formula is C19H13N5S. The summed E-state index contributed by atoms with van der Waals surface area (Å²) in [5, 5.41) is 3.39. The third-order valence-corrected chi connectivity index (χ3v) is 5.04. The van der Waals surface area contributed by atoms with Crippen molar-refractivity contribution in [2.75, 3.05) is 5.32 Å². The summed E-state index contributed by atoms with van der Waals surface area (Å²) in [5.74, 6) is 1.50. The number of anilines is 2. The minimum Gasteiger partial charge on any atom is -0.339 e. The molecular weight excluding hydrogens is 330 g/mol. The maximum atomic E-state index is 4.78. The van der Waals surface area contributed by atoms with Crippen LogP contribution in [0.3, 0.4) is 0 Å². The summed E-state index contributed by atoms with van der Waals surface area (Å²) in [4.78, 5) is 19.6. The van der Waals surface area contributed by atoms with Crippen molar-refractivity contribution in [3.8, 4) is 0 Å². The fourth-order valence-electron chi connectivity index (χ4n) is 2.87. The standard InChI is InChI=1S/C19H13N5S/c1-11-20-15-16-19(24-14-10-6-5-9-13(14)23-16)25-17(15)18(21-11)22-12-7-3-2-4-8-12/h2-10H,1H3,(H,20,21,22). The van der Waals surface area contributed by atoms with Gasteiger partial charge in [-0.1, -0.05) is 30.3 Å². The van der Waals surface area contributed by atoms with E-state index in [1.807, 2.05) is 61.5 Å². The number of hydrogen-bond donors (Lipinski definition) is 1. The molecule has 5 nitrogen and oxygen atoms in total. The predicted octanol–water partition coefficient (Wildman–Crippen LogP) is 4.84. The molecule has 120 valence electrons. The Morgan fingerprint density at radius 2 is 1.48 bits per heavy atom. The molecule has 0 amide bonds. The van der Waals surface area contributed by atoms with Gasteiger partial charge in [-0.15, -0.1) is 11.3 Å². The van der Waals surface area contributed by atoms with E-state index in [0.717, 1.165) is 43.1 Å². The first-order valence-corrected chi connectivity index (χ1v) is 8.75. The van der Waals surface area contributed by atoms with Crippen molar-refractivity contribution >= 4 is 54.4 Å². The highest BCUT2D eigenvalue weighted by atomic mass is 32.1. The van der Waals surface area contributed by atoms with Crippen LogP contribution in [0.4, 0.5) is 11.5 Å². The SMILES string of the molecule is Cc1nc(Nc2ccccc2)c2sc3nc4ccccc4nc3c2n1. The molecule has 0 fully saturated rings. The third kappa shape index (κ3) is 2.38. The molecule has 0 aliphatic carbocycles. The van der Waals surface area contributed by atoms with E-state index in [2.05, 4.69) is 15.3 Å². The number of fused-ring (bicyclic) bond motifs is 4. The van der Waals surface area contributed by atoms with Crippen LogP contribution in [-0.2, 0) is 0 Å². The highest BCUT2D eigenvalue weighted by molar-refractivity contribution is 7.25. The molecule has 0 saturated heterocycles. The monoisotopic (exact) mass is 343 g/mol. The summed E-state index contributed by atoms with van der Waals surface area (Å²) < 4.78 is 0.972. The first-order chi connectivity index (χ1) is 12.3. The van der Waals surface area contributed by atoms with Gasteiger partial charge in [0.05, 0.1) is 11.0 Å². The first kappa shape index (κ1) is 14.2. The van der Waals surface area contributed by atoms with Crippen LogP contribution >= 0.6 is 11.3 Å². The molecule has 0 bridgehead atoms. The average Bonchev–Trinajstić information content (AvgIpc) is 2.98. The number of aryl methyl sites for hydroxylation is 1. The van der Waals surface area contributed by atoms with Gasteiger partial charge in [-0.05, 0) is 31.2 Å². The minimum atomic E-state index is 0.709. The smallest absolute Gasteiger partial charge is 0.152 e. The number of nitrogens with one attached hydrogen (secondary N) is 1. The Kier molecular flexibility index (Phi) is 3.11. The molecule has 3 aromatic heterocycles. The second-order valence-electron chi connectivity index (χ2n) is 5.76. The molecule has 0 aliphatic heterocycles. The van der Waals surface area contributed by atoms with Gasteiger partial charge in [0.15, 0.2) is 5.82 Å². The van der Waals surface area contributed by atoms with Crippen molar-refractivity contribution in [3.05, 3.63) is 60.4 Å². The van der Waals surface area contributed by atoms with E-state index in [4.69, 9.17) is 9.97 Å². The van der Waals surface area contributed by atoms with E-state index in [1.54, 1.807) is 11.3 Å². The van der Waals surface area contributed by atoms with E-state index in [9.17, 15) is 0 Å². The molecule has 1 N–H and O–H groups in total. The Balaban J connectivity index is 1.79. The molecule has 0 unspecified atom stereocenters. The summed E-state index contributed by atoms with van der Waals surface area (Å²) in [5.41, 5.74) is 4.45. The van der Waals surface area contributed by atoms with E-state index in [0.29, 0.717) is 5.82 Å². The van der Waals surface area contributed by atoms with Crippen molar-refractivity contribution in [2.45, 2.75) is 6.92 Å². The van der Waals surface area contributed by atoms with Crippen LogP contribution in [0.5, 0.6) is 0 Å². The van der Waals surface area contributed by atoms with Gasteiger partial charge >= 0.3 is 0 Å². The van der Waals surface area contributed by atoms with Gasteiger partial charge in [0, 0.05) is 5.69 Å². The zero-order valence-electron chi connectivity index (χ0n) is 13.4. The summed E-state index contributed by atoms with van der Waals surface area (Å²) >= 11 is 1.57. The molecule has 5 aromatic rings. The van der Waals surface area contributed by atoms with Gasteiger partial charge in [0.2, 0.25) is 0 Å². The van der Waals surface area contributed by atoms with Crippen molar-refractivity contribution in [2.24, 2.45) is 0 Å². The van der Waals surface area contributed by atoms with Crippen molar-refractivity contribution in [3.63, 3.8) is 0 Å². The predicted molar refractivity (Wildman–Crippen MR) is 102 cm³/mol. The van der Waals surface area contributed by atoms with Crippen LogP contribution in [-0.4, -0.2) is 19.9 Å². The number of rotatable bonds is 2. The van der Waals surface area contributed by atoms with Gasteiger partial charge in [0.1, 0.15) is 26.4 Å². The van der Waals surface area contributed by atoms with Gasteiger partial charge in [-0.2, -0.15) is 0 Å². The lowest BCUT2D eigenvalue weighted by atomic mass is 10.3. The molecule has 0 atom stereocenters. The number of aromatic nitrogens is 4. The molecule has 2 aromatic carbocycles. The summed E-state index contributed by atoms with van der Waals surface area (Å²) in [6.45, 7) is 1.90. The number of thiophene rings is 1. The third-order valence-electron chi connectivity index (χ3n) is 3.98. The maximum absolute atomic E-state index is 4.78. The van der Waals surface area contributed by atoms with E-state index in [1.165, 1.54) is 0 Å². The number of para-hydroxylation sites is 3. The largest absolute Gasteiger partial charge is 0.339 e. The number of benzene rings is 2. The second kappa shape index (κ2) is 5.46. The van der Waals surface area contributed by atoms with Crippen LogP contribution < -0.4 is 5.32 Å². The Morgan fingerprint density at radius 3 is 2.28 bits per heavy atom. The molecule has 6 heteroatoms. The van der Waals surface area contributed by atoms with Gasteiger partial charge in [-0.3, -0.25) is 0 Å². The minimum absolute atomic E-state index is 0.709. The molecule has 0 spiro atoms. The zero-order valence-corrected chi connectivity index (χ0v) is 14.2. The van der Waals surface area contributed by atoms with E-state index >= 15 is 0 Å². The zero-order chi connectivity index (χ0) is 16.8. The fourth-order valence-corrected chi connectivity index (χ4v) is 3.88. The lowest BCUT2D eigenvalue weighted by molar-refractivity contribution is 1.10. The van der Waals surface area contributed by atoms with Crippen LogP contribution in [0.2, 0.25) is 0 Å². The van der Waals surface area contributed by atoms with Crippen molar-refractivity contribution in [1.29, 1.82) is 0 Å². The van der Waals surface area contributed by atoms with Gasteiger partial charge in [-0.25, -0.2) is 19.9 Å². The Labute approximate surface area is 147 Å².